The molecule has 0 amide bonds. The second-order valence-corrected chi connectivity index (χ2v) is 6.26. The van der Waals surface area contributed by atoms with E-state index in [0.29, 0.717) is 17.9 Å². The van der Waals surface area contributed by atoms with E-state index in [4.69, 9.17) is 0 Å². The van der Waals surface area contributed by atoms with Gasteiger partial charge in [0.1, 0.15) is 5.82 Å². The first-order valence-corrected chi connectivity index (χ1v) is 8.09. The van der Waals surface area contributed by atoms with Gasteiger partial charge in [-0.15, -0.1) is 0 Å². The molecule has 1 aromatic carbocycles. The Kier molecular flexibility index (Phi) is 4.85. The normalized spacial score (nSPS) is 28.1. The molecule has 0 heterocycles. The zero-order valence-electron chi connectivity index (χ0n) is 13.2. The summed E-state index contributed by atoms with van der Waals surface area (Å²) in [5.74, 6) is 0.937. The van der Waals surface area contributed by atoms with Gasteiger partial charge in [0.15, 0.2) is 0 Å². The molecule has 0 aromatic heterocycles. The maximum Gasteiger partial charge on any atom is 0.123 e. The molecule has 2 rings (SSSR count). The van der Waals surface area contributed by atoms with Crippen molar-refractivity contribution in [3.63, 3.8) is 0 Å². The molecule has 20 heavy (non-hydrogen) atoms. The minimum Gasteiger partial charge on any atom is -0.313 e. The zero-order chi connectivity index (χ0) is 14.8. The lowest BCUT2D eigenvalue weighted by Gasteiger charge is -2.61. The highest BCUT2D eigenvalue weighted by atomic mass is 19.1. The standard InChI is InChI=1S/C18H28FN/c1-5-11-20-17-13(4)16(18(17,6-2)7-3)14-9-8-10-15(19)12-14/h8-10,12-13,16-17,20H,5-7,11H2,1-4H3. The minimum atomic E-state index is -0.110. The van der Waals surface area contributed by atoms with Crippen molar-refractivity contribution in [2.45, 2.75) is 58.9 Å². The number of benzene rings is 1. The molecule has 1 saturated carbocycles. The Balaban J connectivity index is 2.28. The van der Waals surface area contributed by atoms with Crippen LogP contribution in [0.15, 0.2) is 24.3 Å². The van der Waals surface area contributed by atoms with Crippen LogP contribution in [0.2, 0.25) is 0 Å². The summed E-state index contributed by atoms with van der Waals surface area (Å²) in [6.45, 7) is 10.2. The highest BCUT2D eigenvalue weighted by Crippen LogP contribution is 2.60. The minimum absolute atomic E-state index is 0.110. The second-order valence-electron chi connectivity index (χ2n) is 6.26. The van der Waals surface area contributed by atoms with E-state index < -0.39 is 0 Å². The number of nitrogens with one attached hydrogen (secondary N) is 1. The molecule has 0 saturated heterocycles. The van der Waals surface area contributed by atoms with Crippen LogP contribution in [0, 0.1) is 17.2 Å². The van der Waals surface area contributed by atoms with E-state index in [1.807, 2.05) is 6.07 Å². The molecule has 1 aliphatic carbocycles. The molecule has 3 unspecified atom stereocenters. The van der Waals surface area contributed by atoms with E-state index in [2.05, 4.69) is 39.1 Å². The van der Waals surface area contributed by atoms with Crippen LogP contribution in [0.5, 0.6) is 0 Å². The third kappa shape index (κ3) is 2.39. The van der Waals surface area contributed by atoms with Crippen molar-refractivity contribution in [2.24, 2.45) is 11.3 Å². The fraction of sp³-hybridized carbons (Fsp3) is 0.667. The Bertz CT molecular complexity index is 439. The van der Waals surface area contributed by atoms with Gasteiger partial charge in [0, 0.05) is 6.04 Å². The topological polar surface area (TPSA) is 12.0 Å². The first kappa shape index (κ1) is 15.5. The molecule has 0 bridgehead atoms. The number of hydrogen-bond donors (Lipinski definition) is 1. The van der Waals surface area contributed by atoms with Gasteiger partial charge < -0.3 is 5.32 Å². The van der Waals surface area contributed by atoms with Gasteiger partial charge >= 0.3 is 0 Å². The first-order chi connectivity index (χ1) is 9.60. The maximum absolute atomic E-state index is 13.6. The van der Waals surface area contributed by atoms with E-state index >= 15 is 0 Å². The largest absolute Gasteiger partial charge is 0.313 e. The Hall–Kier alpha value is -0.890. The van der Waals surface area contributed by atoms with E-state index in [1.54, 1.807) is 12.1 Å². The van der Waals surface area contributed by atoms with E-state index in [-0.39, 0.29) is 11.2 Å². The van der Waals surface area contributed by atoms with Gasteiger partial charge in [-0.1, -0.05) is 39.8 Å². The van der Waals surface area contributed by atoms with Crippen molar-refractivity contribution < 1.29 is 4.39 Å². The number of halogens is 1. The smallest absolute Gasteiger partial charge is 0.123 e. The molecule has 112 valence electrons. The summed E-state index contributed by atoms with van der Waals surface area (Å²) in [5.41, 5.74) is 1.46. The Morgan fingerprint density at radius 1 is 1.20 bits per heavy atom. The van der Waals surface area contributed by atoms with Crippen molar-refractivity contribution in [2.75, 3.05) is 6.54 Å². The Labute approximate surface area is 123 Å². The summed E-state index contributed by atoms with van der Waals surface area (Å²) < 4.78 is 13.6. The summed E-state index contributed by atoms with van der Waals surface area (Å²) >= 11 is 0. The Morgan fingerprint density at radius 2 is 1.90 bits per heavy atom. The van der Waals surface area contributed by atoms with Crippen LogP contribution in [0.25, 0.3) is 0 Å². The highest BCUT2D eigenvalue weighted by molar-refractivity contribution is 5.31. The van der Waals surface area contributed by atoms with Gasteiger partial charge in [-0.25, -0.2) is 4.39 Å². The predicted molar refractivity (Wildman–Crippen MR) is 83.4 cm³/mol. The van der Waals surface area contributed by atoms with Gasteiger partial charge in [0.05, 0.1) is 0 Å². The lowest BCUT2D eigenvalue weighted by molar-refractivity contribution is -0.0394. The average Bonchev–Trinajstić information content (AvgIpc) is 2.44. The molecule has 3 atom stereocenters. The fourth-order valence-corrected chi connectivity index (χ4v) is 4.47. The van der Waals surface area contributed by atoms with Gasteiger partial charge in [-0.05, 0) is 60.8 Å². The molecule has 0 radical (unpaired) electrons. The quantitative estimate of drug-likeness (QED) is 0.792. The van der Waals surface area contributed by atoms with Crippen LogP contribution in [0.1, 0.15) is 58.4 Å². The summed E-state index contributed by atoms with van der Waals surface area (Å²) in [5, 5.41) is 3.73. The van der Waals surface area contributed by atoms with Gasteiger partial charge in [-0.3, -0.25) is 0 Å². The third-order valence-corrected chi connectivity index (χ3v) is 5.43. The monoisotopic (exact) mass is 277 g/mol. The fourth-order valence-electron chi connectivity index (χ4n) is 4.47. The van der Waals surface area contributed by atoms with E-state index in [9.17, 15) is 4.39 Å². The SMILES string of the molecule is CCCNC1C(C)C(c2cccc(F)c2)C1(CC)CC. The second kappa shape index (κ2) is 6.26. The van der Waals surface area contributed by atoms with Gasteiger partial charge in [0.2, 0.25) is 0 Å². The van der Waals surface area contributed by atoms with Gasteiger partial charge in [-0.2, -0.15) is 0 Å². The van der Waals surface area contributed by atoms with Crippen molar-refractivity contribution in [1.82, 2.24) is 5.32 Å². The molecular formula is C18H28FN. The summed E-state index contributed by atoms with van der Waals surface area (Å²) in [7, 11) is 0. The van der Waals surface area contributed by atoms with E-state index in [0.717, 1.165) is 25.8 Å². The van der Waals surface area contributed by atoms with Crippen LogP contribution in [0.3, 0.4) is 0 Å². The van der Waals surface area contributed by atoms with Crippen LogP contribution in [-0.2, 0) is 0 Å². The number of hydrogen-bond acceptors (Lipinski definition) is 1. The summed E-state index contributed by atoms with van der Waals surface area (Å²) in [6.07, 6.45) is 3.46. The third-order valence-electron chi connectivity index (χ3n) is 5.43. The van der Waals surface area contributed by atoms with Crippen molar-refractivity contribution in [1.29, 1.82) is 0 Å². The van der Waals surface area contributed by atoms with Crippen LogP contribution in [0.4, 0.5) is 4.39 Å². The van der Waals surface area contributed by atoms with Gasteiger partial charge in [0.25, 0.3) is 0 Å². The molecule has 0 aliphatic heterocycles. The molecule has 0 spiro atoms. The van der Waals surface area contributed by atoms with Crippen LogP contribution >= 0.6 is 0 Å². The Morgan fingerprint density at radius 3 is 2.45 bits per heavy atom. The first-order valence-electron chi connectivity index (χ1n) is 8.09. The molecule has 1 aromatic rings. The maximum atomic E-state index is 13.6. The zero-order valence-corrected chi connectivity index (χ0v) is 13.2. The van der Waals surface area contributed by atoms with Crippen molar-refractivity contribution in [3.8, 4) is 0 Å². The van der Waals surface area contributed by atoms with Crippen LogP contribution < -0.4 is 5.32 Å². The lowest BCUT2D eigenvalue weighted by atomic mass is 9.46. The molecular weight excluding hydrogens is 249 g/mol. The highest BCUT2D eigenvalue weighted by Gasteiger charge is 2.57. The van der Waals surface area contributed by atoms with Crippen LogP contribution in [-0.4, -0.2) is 12.6 Å². The lowest BCUT2D eigenvalue weighted by Crippen LogP contribution is -2.64. The van der Waals surface area contributed by atoms with E-state index in [1.165, 1.54) is 5.56 Å². The summed E-state index contributed by atoms with van der Waals surface area (Å²) in [6, 6.07) is 7.78. The van der Waals surface area contributed by atoms with Crippen molar-refractivity contribution in [3.05, 3.63) is 35.6 Å². The molecule has 1 fully saturated rings. The molecule has 1 nitrogen and oxygen atoms in total. The summed E-state index contributed by atoms with van der Waals surface area (Å²) in [4.78, 5) is 0. The molecule has 1 N–H and O–H groups in total. The van der Waals surface area contributed by atoms with Crippen molar-refractivity contribution >= 4 is 0 Å². The number of rotatable bonds is 6. The predicted octanol–water partition coefficient (Wildman–Crippen LogP) is 4.73. The average molecular weight is 277 g/mol. The molecule has 2 heteroatoms. The molecule has 1 aliphatic rings.